The van der Waals surface area contributed by atoms with Crippen LogP contribution in [0, 0.1) is 5.92 Å². The van der Waals surface area contributed by atoms with Crippen LogP contribution in [0.15, 0.2) is 54.6 Å². The molecule has 2 rings (SSSR count). The molecule has 0 aliphatic carbocycles. The summed E-state index contributed by atoms with van der Waals surface area (Å²) < 4.78 is 0. The van der Waals surface area contributed by atoms with E-state index in [1.807, 2.05) is 68.4 Å². The van der Waals surface area contributed by atoms with Crippen molar-refractivity contribution in [2.75, 3.05) is 5.32 Å². The minimum Gasteiger partial charge on any atom is -0.351 e. The third kappa shape index (κ3) is 6.69. The van der Waals surface area contributed by atoms with Crippen molar-refractivity contribution in [3.63, 3.8) is 0 Å². The second kappa shape index (κ2) is 9.73. The quantitative estimate of drug-likeness (QED) is 0.682. The Bertz CT molecular complexity index is 729. The number of benzene rings is 2. The fraction of sp³-hybridized carbons (Fsp3) is 0.333. The largest absolute Gasteiger partial charge is 0.351 e. The van der Waals surface area contributed by atoms with Crippen molar-refractivity contribution in [2.24, 2.45) is 11.7 Å². The molecule has 0 unspecified atom stereocenters. The number of nitrogens with one attached hydrogen (secondary N) is 2. The van der Waals surface area contributed by atoms with Gasteiger partial charge in [-0.2, -0.15) is 0 Å². The Hall–Kier alpha value is -2.66. The predicted octanol–water partition coefficient (Wildman–Crippen LogP) is 2.86. The second-order valence-corrected chi connectivity index (χ2v) is 6.86. The summed E-state index contributed by atoms with van der Waals surface area (Å²) in [4.78, 5) is 24.1. The van der Waals surface area contributed by atoms with Crippen LogP contribution in [-0.4, -0.2) is 17.9 Å². The van der Waals surface area contributed by atoms with Gasteiger partial charge in [0.25, 0.3) is 0 Å². The first-order valence-electron chi connectivity index (χ1n) is 8.90. The van der Waals surface area contributed by atoms with Gasteiger partial charge >= 0.3 is 0 Å². The normalized spacial score (nSPS) is 11.8. The summed E-state index contributed by atoms with van der Waals surface area (Å²) in [7, 11) is 0. The first-order valence-corrected chi connectivity index (χ1v) is 8.90. The molecule has 2 amide bonds. The summed E-state index contributed by atoms with van der Waals surface area (Å²) in [6.45, 7) is 4.38. The van der Waals surface area contributed by atoms with Crippen LogP contribution in [0.5, 0.6) is 0 Å². The smallest absolute Gasteiger partial charge is 0.237 e. The molecule has 0 saturated carbocycles. The van der Waals surface area contributed by atoms with Gasteiger partial charge in [-0.05, 0) is 35.6 Å². The minimum atomic E-state index is -0.591. The molecule has 0 fully saturated rings. The molecule has 26 heavy (non-hydrogen) atoms. The standard InChI is InChI=1S/C21H27N3O2/c1-15(2)11-20(25)24-18-10-6-9-17(12-18)14-23-21(26)19(22)13-16-7-4-3-5-8-16/h3-10,12,15,19H,11,13-14,22H2,1-2H3,(H,23,26)(H,24,25)/t19-/m0/s1. The predicted molar refractivity (Wildman–Crippen MR) is 104 cm³/mol. The molecule has 0 aromatic heterocycles. The monoisotopic (exact) mass is 353 g/mol. The summed E-state index contributed by atoms with van der Waals surface area (Å²) in [5.41, 5.74) is 8.66. The van der Waals surface area contributed by atoms with Crippen molar-refractivity contribution < 1.29 is 9.59 Å². The van der Waals surface area contributed by atoms with E-state index in [0.717, 1.165) is 16.8 Å². The van der Waals surface area contributed by atoms with Crippen molar-refractivity contribution >= 4 is 17.5 Å². The molecule has 138 valence electrons. The molecule has 0 saturated heterocycles. The van der Waals surface area contributed by atoms with E-state index in [4.69, 9.17) is 5.73 Å². The van der Waals surface area contributed by atoms with Crippen LogP contribution >= 0.6 is 0 Å². The lowest BCUT2D eigenvalue weighted by Gasteiger charge is -2.13. The number of hydrogen-bond acceptors (Lipinski definition) is 3. The molecule has 0 radical (unpaired) electrons. The van der Waals surface area contributed by atoms with E-state index >= 15 is 0 Å². The lowest BCUT2D eigenvalue weighted by Crippen LogP contribution is -2.41. The van der Waals surface area contributed by atoms with Gasteiger partial charge in [-0.25, -0.2) is 0 Å². The summed E-state index contributed by atoms with van der Waals surface area (Å²) >= 11 is 0. The van der Waals surface area contributed by atoms with Gasteiger partial charge < -0.3 is 16.4 Å². The Labute approximate surface area is 155 Å². The molecule has 5 heteroatoms. The van der Waals surface area contributed by atoms with E-state index in [1.165, 1.54) is 0 Å². The van der Waals surface area contributed by atoms with Gasteiger partial charge in [-0.15, -0.1) is 0 Å². The summed E-state index contributed by atoms with van der Waals surface area (Å²) in [6, 6.07) is 16.6. The number of nitrogens with two attached hydrogens (primary N) is 1. The maximum Gasteiger partial charge on any atom is 0.237 e. The third-order valence-electron chi connectivity index (χ3n) is 3.91. The molecule has 2 aromatic carbocycles. The van der Waals surface area contributed by atoms with E-state index in [0.29, 0.717) is 25.3 Å². The molecule has 0 aliphatic rings. The highest BCUT2D eigenvalue weighted by molar-refractivity contribution is 5.90. The van der Waals surface area contributed by atoms with E-state index in [1.54, 1.807) is 0 Å². The Morgan fingerprint density at radius 1 is 1.00 bits per heavy atom. The van der Waals surface area contributed by atoms with Gasteiger partial charge in [0.1, 0.15) is 0 Å². The number of amides is 2. The lowest BCUT2D eigenvalue weighted by molar-refractivity contribution is -0.122. The number of hydrogen-bond donors (Lipinski definition) is 3. The fourth-order valence-corrected chi connectivity index (χ4v) is 2.62. The number of carbonyl (C=O) groups excluding carboxylic acids is 2. The Balaban J connectivity index is 1.85. The van der Waals surface area contributed by atoms with Gasteiger partial charge in [0.05, 0.1) is 6.04 Å². The Kier molecular flexibility index (Phi) is 7.36. The first kappa shape index (κ1) is 19.7. The zero-order valence-corrected chi connectivity index (χ0v) is 15.4. The topological polar surface area (TPSA) is 84.2 Å². The van der Waals surface area contributed by atoms with Crippen LogP contribution in [0.3, 0.4) is 0 Å². The van der Waals surface area contributed by atoms with Gasteiger partial charge in [0.15, 0.2) is 0 Å². The average molecular weight is 353 g/mol. The molecule has 4 N–H and O–H groups in total. The average Bonchev–Trinajstić information content (AvgIpc) is 2.60. The molecule has 2 aromatic rings. The van der Waals surface area contributed by atoms with Crippen molar-refractivity contribution in [3.8, 4) is 0 Å². The van der Waals surface area contributed by atoms with Gasteiger partial charge in [-0.3, -0.25) is 9.59 Å². The molecule has 0 spiro atoms. The highest BCUT2D eigenvalue weighted by Gasteiger charge is 2.13. The second-order valence-electron chi connectivity index (χ2n) is 6.86. The first-order chi connectivity index (χ1) is 12.4. The highest BCUT2D eigenvalue weighted by Crippen LogP contribution is 2.12. The molecule has 0 bridgehead atoms. The molecule has 1 atom stereocenters. The maximum atomic E-state index is 12.2. The van der Waals surface area contributed by atoms with Crippen LogP contribution in [0.4, 0.5) is 5.69 Å². The number of rotatable bonds is 8. The Morgan fingerprint density at radius 2 is 1.69 bits per heavy atom. The van der Waals surface area contributed by atoms with Crippen molar-refractivity contribution in [1.29, 1.82) is 0 Å². The van der Waals surface area contributed by atoms with Crippen LogP contribution < -0.4 is 16.4 Å². The summed E-state index contributed by atoms with van der Waals surface area (Å²) in [6.07, 6.45) is 0.979. The summed E-state index contributed by atoms with van der Waals surface area (Å²) in [5.74, 6) is 0.109. The number of anilines is 1. The van der Waals surface area contributed by atoms with Crippen LogP contribution in [0.1, 0.15) is 31.4 Å². The zero-order chi connectivity index (χ0) is 18.9. The van der Waals surface area contributed by atoms with Crippen molar-refractivity contribution in [2.45, 2.75) is 39.3 Å². The van der Waals surface area contributed by atoms with E-state index in [2.05, 4.69) is 10.6 Å². The molecular formula is C21H27N3O2. The van der Waals surface area contributed by atoms with Crippen molar-refractivity contribution in [3.05, 3.63) is 65.7 Å². The van der Waals surface area contributed by atoms with Crippen molar-refractivity contribution in [1.82, 2.24) is 5.32 Å². The highest BCUT2D eigenvalue weighted by atomic mass is 16.2. The van der Waals surface area contributed by atoms with E-state index in [9.17, 15) is 9.59 Å². The lowest BCUT2D eigenvalue weighted by atomic mass is 10.1. The summed E-state index contributed by atoms with van der Waals surface area (Å²) in [5, 5.41) is 5.74. The molecule has 0 heterocycles. The van der Waals surface area contributed by atoms with Crippen LogP contribution in [-0.2, 0) is 22.6 Å². The van der Waals surface area contributed by atoms with Gasteiger partial charge in [0.2, 0.25) is 11.8 Å². The van der Waals surface area contributed by atoms with Gasteiger partial charge in [-0.1, -0.05) is 56.3 Å². The van der Waals surface area contributed by atoms with Crippen LogP contribution in [0.2, 0.25) is 0 Å². The third-order valence-corrected chi connectivity index (χ3v) is 3.91. The van der Waals surface area contributed by atoms with Gasteiger partial charge in [0, 0.05) is 18.7 Å². The van der Waals surface area contributed by atoms with E-state index < -0.39 is 6.04 Å². The van der Waals surface area contributed by atoms with Crippen LogP contribution in [0.25, 0.3) is 0 Å². The minimum absolute atomic E-state index is 0.00827. The fourth-order valence-electron chi connectivity index (χ4n) is 2.62. The van der Waals surface area contributed by atoms with E-state index in [-0.39, 0.29) is 11.8 Å². The molecular weight excluding hydrogens is 326 g/mol. The number of carbonyl (C=O) groups is 2. The zero-order valence-electron chi connectivity index (χ0n) is 15.4. The molecule has 5 nitrogen and oxygen atoms in total. The molecule has 0 aliphatic heterocycles. The SMILES string of the molecule is CC(C)CC(=O)Nc1cccc(CNC(=O)[C@@H](N)Cc2ccccc2)c1. The Morgan fingerprint density at radius 3 is 2.38 bits per heavy atom. The maximum absolute atomic E-state index is 12.2.